The molecule has 2 N–H and O–H groups in total. The van der Waals surface area contributed by atoms with Crippen molar-refractivity contribution in [1.82, 2.24) is 15.2 Å². The molecule has 4 rings (SSSR count). The first-order valence-corrected chi connectivity index (χ1v) is 11.8. The predicted molar refractivity (Wildman–Crippen MR) is 128 cm³/mol. The Morgan fingerprint density at radius 2 is 2.09 bits per heavy atom. The molecule has 2 aliphatic heterocycles. The van der Waals surface area contributed by atoms with E-state index in [1.165, 1.54) is 12.8 Å². The first-order chi connectivity index (χ1) is 15.6. The number of benzene rings is 1. The van der Waals surface area contributed by atoms with E-state index in [4.69, 9.17) is 11.6 Å². The van der Waals surface area contributed by atoms with Gasteiger partial charge in [0.2, 0.25) is 5.91 Å². The highest BCUT2D eigenvalue weighted by Crippen LogP contribution is 2.37. The van der Waals surface area contributed by atoms with Gasteiger partial charge < -0.3 is 10.6 Å². The molecule has 2 amide bonds. The van der Waals surface area contributed by atoms with Crippen molar-refractivity contribution in [1.29, 1.82) is 0 Å². The quantitative estimate of drug-likeness (QED) is 0.615. The summed E-state index contributed by atoms with van der Waals surface area (Å²) < 4.78 is 0. The number of aromatic nitrogens is 1. The van der Waals surface area contributed by atoms with Gasteiger partial charge >= 0.3 is 0 Å². The van der Waals surface area contributed by atoms with Crippen molar-refractivity contribution in [3.05, 3.63) is 47.1 Å². The lowest BCUT2D eigenvalue weighted by molar-refractivity contribution is -0.119. The van der Waals surface area contributed by atoms with Crippen LogP contribution in [0.3, 0.4) is 0 Å². The number of carbonyl (C=O) groups excluding carboxylic acids is 2. The third kappa shape index (κ3) is 5.11. The van der Waals surface area contributed by atoms with E-state index in [0.717, 1.165) is 44.9 Å². The first-order valence-electron chi connectivity index (χ1n) is 11.4. The van der Waals surface area contributed by atoms with Crippen molar-refractivity contribution in [2.45, 2.75) is 32.6 Å². The minimum absolute atomic E-state index is 0.101. The zero-order valence-electron chi connectivity index (χ0n) is 18.4. The van der Waals surface area contributed by atoms with Gasteiger partial charge in [-0.3, -0.25) is 19.4 Å². The summed E-state index contributed by atoms with van der Waals surface area (Å²) in [5.74, 6) is 0.761. The van der Waals surface area contributed by atoms with Gasteiger partial charge in [-0.1, -0.05) is 18.5 Å². The van der Waals surface area contributed by atoms with E-state index in [9.17, 15) is 9.59 Å². The number of rotatable bonds is 7. The fourth-order valence-corrected chi connectivity index (χ4v) is 4.67. The second-order valence-electron chi connectivity index (χ2n) is 8.43. The van der Waals surface area contributed by atoms with E-state index in [0.29, 0.717) is 27.8 Å². The van der Waals surface area contributed by atoms with Crippen LogP contribution in [0.25, 0.3) is 0 Å². The van der Waals surface area contributed by atoms with Crippen LogP contribution in [0.15, 0.2) is 36.5 Å². The molecule has 1 aromatic heterocycles. The van der Waals surface area contributed by atoms with Gasteiger partial charge in [0.1, 0.15) is 0 Å². The lowest BCUT2D eigenvalue weighted by Gasteiger charge is -2.33. The Labute approximate surface area is 194 Å². The van der Waals surface area contributed by atoms with Gasteiger partial charge in [0.25, 0.3) is 5.91 Å². The molecule has 3 heterocycles. The molecule has 170 valence electrons. The number of piperidine rings is 1. The van der Waals surface area contributed by atoms with Crippen molar-refractivity contribution in [2.24, 2.45) is 5.92 Å². The standard InChI is InChI=1S/C24H30ClN5O2/c1-2-26-11-3-5-17-9-13-29(14-10-17)16-22(31)30-21-8-7-18(25)15-19(21)24(32)28-20-6-4-12-27-23(20)30/h4,6-8,12,15,17,26H,2-3,5,9-11,13-14,16H2,1H3,(H,28,32). The number of hydrogen-bond donors (Lipinski definition) is 2. The largest absolute Gasteiger partial charge is 0.319 e. The Bertz CT molecular complexity index is 975. The molecule has 0 atom stereocenters. The maximum absolute atomic E-state index is 13.5. The molecule has 2 aromatic rings. The number of amides is 2. The highest BCUT2D eigenvalue weighted by Gasteiger charge is 2.32. The third-order valence-electron chi connectivity index (χ3n) is 6.22. The molecule has 0 aliphatic carbocycles. The normalized spacial score (nSPS) is 16.8. The number of halogens is 1. The van der Waals surface area contributed by atoms with Gasteiger partial charge in [0.15, 0.2) is 5.82 Å². The monoisotopic (exact) mass is 455 g/mol. The summed E-state index contributed by atoms with van der Waals surface area (Å²) in [5, 5.41) is 6.68. The van der Waals surface area contributed by atoms with Crippen molar-refractivity contribution in [3.8, 4) is 0 Å². The zero-order valence-corrected chi connectivity index (χ0v) is 19.2. The second kappa shape index (κ2) is 10.4. The lowest BCUT2D eigenvalue weighted by Crippen LogP contribution is -2.42. The van der Waals surface area contributed by atoms with Crippen LogP contribution in [0, 0.1) is 5.92 Å². The number of likely N-dealkylation sites (tertiary alicyclic amines) is 1. The maximum atomic E-state index is 13.5. The molecule has 1 aromatic carbocycles. The number of pyridine rings is 1. The van der Waals surface area contributed by atoms with E-state index in [1.807, 2.05) is 0 Å². The molecule has 8 heteroatoms. The van der Waals surface area contributed by atoms with E-state index in [1.54, 1.807) is 41.4 Å². The molecular weight excluding hydrogens is 426 g/mol. The zero-order chi connectivity index (χ0) is 22.5. The van der Waals surface area contributed by atoms with E-state index >= 15 is 0 Å². The molecule has 32 heavy (non-hydrogen) atoms. The Hall–Kier alpha value is -2.48. The van der Waals surface area contributed by atoms with Crippen molar-refractivity contribution < 1.29 is 9.59 Å². The molecule has 2 aliphatic rings. The number of anilines is 3. The Morgan fingerprint density at radius 3 is 2.88 bits per heavy atom. The van der Waals surface area contributed by atoms with Crippen LogP contribution < -0.4 is 15.5 Å². The summed E-state index contributed by atoms with van der Waals surface area (Å²) in [4.78, 5) is 34.5. The van der Waals surface area contributed by atoms with Crippen LogP contribution in [0.2, 0.25) is 5.02 Å². The second-order valence-corrected chi connectivity index (χ2v) is 8.87. The van der Waals surface area contributed by atoms with Gasteiger partial charge in [-0.05, 0) is 88.1 Å². The number of nitrogens with one attached hydrogen (secondary N) is 2. The SMILES string of the molecule is CCNCCCC1CCN(CC(=O)N2c3ccc(Cl)cc3C(=O)Nc3cccnc32)CC1. The lowest BCUT2D eigenvalue weighted by atomic mass is 9.92. The van der Waals surface area contributed by atoms with Crippen LogP contribution in [0.4, 0.5) is 17.2 Å². The molecule has 0 bridgehead atoms. The van der Waals surface area contributed by atoms with Crippen LogP contribution in [0.5, 0.6) is 0 Å². The highest BCUT2D eigenvalue weighted by molar-refractivity contribution is 6.31. The molecule has 1 fully saturated rings. The van der Waals surface area contributed by atoms with E-state index < -0.39 is 0 Å². The maximum Gasteiger partial charge on any atom is 0.257 e. The minimum Gasteiger partial charge on any atom is -0.319 e. The van der Waals surface area contributed by atoms with Crippen molar-refractivity contribution in [3.63, 3.8) is 0 Å². The Morgan fingerprint density at radius 1 is 1.28 bits per heavy atom. The average molecular weight is 456 g/mol. The molecule has 0 radical (unpaired) electrons. The number of hydrogen-bond acceptors (Lipinski definition) is 5. The predicted octanol–water partition coefficient (Wildman–Crippen LogP) is 4.07. The Kier molecular flexibility index (Phi) is 7.40. The summed E-state index contributed by atoms with van der Waals surface area (Å²) in [5.41, 5.74) is 1.38. The summed E-state index contributed by atoms with van der Waals surface area (Å²) >= 11 is 6.15. The topological polar surface area (TPSA) is 77.6 Å². The fraction of sp³-hybridized carbons (Fsp3) is 0.458. The first kappa shape index (κ1) is 22.7. The van der Waals surface area contributed by atoms with Gasteiger partial charge in [-0.15, -0.1) is 0 Å². The summed E-state index contributed by atoms with van der Waals surface area (Å²) in [6.07, 6.45) is 6.29. The average Bonchev–Trinajstić information content (AvgIpc) is 2.91. The number of nitrogens with zero attached hydrogens (tertiary/aromatic N) is 3. The summed E-state index contributed by atoms with van der Waals surface area (Å²) in [7, 11) is 0. The highest BCUT2D eigenvalue weighted by atomic mass is 35.5. The van der Waals surface area contributed by atoms with Crippen molar-refractivity contribution >= 4 is 40.6 Å². The molecule has 0 saturated carbocycles. The van der Waals surface area contributed by atoms with Crippen LogP contribution in [-0.4, -0.2) is 54.4 Å². The van der Waals surface area contributed by atoms with Crippen LogP contribution in [-0.2, 0) is 4.79 Å². The number of carbonyl (C=O) groups is 2. The summed E-state index contributed by atoms with van der Waals surface area (Å²) in [6.45, 7) is 6.33. The van der Waals surface area contributed by atoms with Gasteiger partial charge in [-0.2, -0.15) is 0 Å². The van der Waals surface area contributed by atoms with Gasteiger partial charge in [-0.25, -0.2) is 4.98 Å². The minimum atomic E-state index is -0.301. The molecule has 1 saturated heterocycles. The molecule has 0 spiro atoms. The third-order valence-corrected chi connectivity index (χ3v) is 6.46. The summed E-state index contributed by atoms with van der Waals surface area (Å²) in [6, 6.07) is 8.51. The molecule has 7 nitrogen and oxygen atoms in total. The number of fused-ring (bicyclic) bond motifs is 2. The fourth-order valence-electron chi connectivity index (χ4n) is 4.50. The Balaban J connectivity index is 1.48. The van der Waals surface area contributed by atoms with Crippen LogP contribution >= 0.6 is 11.6 Å². The van der Waals surface area contributed by atoms with Crippen molar-refractivity contribution in [2.75, 3.05) is 42.9 Å². The van der Waals surface area contributed by atoms with Crippen LogP contribution in [0.1, 0.15) is 43.0 Å². The molecular formula is C24H30ClN5O2. The van der Waals surface area contributed by atoms with E-state index in [2.05, 4.69) is 27.4 Å². The van der Waals surface area contributed by atoms with E-state index in [-0.39, 0.29) is 18.4 Å². The molecule has 0 unspecified atom stereocenters. The smallest absolute Gasteiger partial charge is 0.257 e. The van der Waals surface area contributed by atoms with Gasteiger partial charge in [0, 0.05) is 11.2 Å². The van der Waals surface area contributed by atoms with Gasteiger partial charge in [0.05, 0.1) is 23.5 Å².